The van der Waals surface area contributed by atoms with Crippen LogP contribution in [0.4, 0.5) is 0 Å². The molecule has 4 heteroatoms. The Hall–Kier alpha value is 0.170. The standard InChI is InChI=1S/C10H20N2S2/c1-4-8(7-13-3)12-10-11-6-9(5-2)14-10/h8-9H,4-7H2,1-3H3,(H,11,12). The van der Waals surface area contributed by atoms with Crippen molar-refractivity contribution >= 4 is 28.7 Å². The highest BCUT2D eigenvalue weighted by Crippen LogP contribution is 2.22. The quantitative estimate of drug-likeness (QED) is 0.788. The van der Waals surface area contributed by atoms with Gasteiger partial charge in [-0.25, -0.2) is 0 Å². The van der Waals surface area contributed by atoms with Crippen LogP contribution in [0.25, 0.3) is 0 Å². The molecule has 0 fully saturated rings. The van der Waals surface area contributed by atoms with Gasteiger partial charge in [-0.15, -0.1) is 0 Å². The fourth-order valence-corrected chi connectivity index (χ4v) is 3.08. The molecule has 1 rings (SSSR count). The number of hydrogen-bond acceptors (Lipinski definition) is 4. The van der Waals surface area contributed by atoms with E-state index < -0.39 is 0 Å². The second-order valence-corrected chi connectivity index (χ2v) is 5.70. The van der Waals surface area contributed by atoms with Gasteiger partial charge in [-0.05, 0) is 19.1 Å². The van der Waals surface area contributed by atoms with Crippen molar-refractivity contribution in [1.29, 1.82) is 0 Å². The van der Waals surface area contributed by atoms with Crippen LogP contribution in [0.2, 0.25) is 0 Å². The summed E-state index contributed by atoms with van der Waals surface area (Å²) in [7, 11) is 0. The Kier molecular flexibility index (Phi) is 5.78. The third-order valence-corrected chi connectivity index (χ3v) is 4.38. The van der Waals surface area contributed by atoms with E-state index in [-0.39, 0.29) is 0 Å². The molecule has 0 aromatic carbocycles. The van der Waals surface area contributed by atoms with Crippen molar-refractivity contribution < 1.29 is 0 Å². The van der Waals surface area contributed by atoms with Gasteiger partial charge in [0.25, 0.3) is 0 Å². The van der Waals surface area contributed by atoms with Gasteiger partial charge in [0.05, 0.1) is 6.54 Å². The highest BCUT2D eigenvalue weighted by molar-refractivity contribution is 8.14. The summed E-state index contributed by atoms with van der Waals surface area (Å²) in [5, 5.41) is 5.40. The number of nitrogens with zero attached hydrogens (tertiary/aromatic N) is 1. The number of hydrogen-bond donors (Lipinski definition) is 1. The summed E-state index contributed by atoms with van der Waals surface area (Å²) >= 11 is 3.81. The molecule has 0 bridgehead atoms. The van der Waals surface area contributed by atoms with E-state index in [1.165, 1.54) is 18.6 Å². The van der Waals surface area contributed by atoms with Crippen LogP contribution < -0.4 is 5.32 Å². The zero-order valence-electron chi connectivity index (χ0n) is 9.25. The van der Waals surface area contributed by atoms with Crippen LogP contribution in [0.1, 0.15) is 26.7 Å². The fourth-order valence-electron chi connectivity index (χ4n) is 1.35. The van der Waals surface area contributed by atoms with Crippen LogP contribution in [-0.2, 0) is 0 Å². The molecule has 1 heterocycles. The van der Waals surface area contributed by atoms with Crippen LogP contribution in [0.3, 0.4) is 0 Å². The number of aliphatic imine (C=N–C) groups is 1. The van der Waals surface area contributed by atoms with E-state index in [4.69, 9.17) is 0 Å². The van der Waals surface area contributed by atoms with Gasteiger partial charge >= 0.3 is 0 Å². The van der Waals surface area contributed by atoms with E-state index in [2.05, 4.69) is 30.4 Å². The van der Waals surface area contributed by atoms with E-state index >= 15 is 0 Å². The van der Waals surface area contributed by atoms with Gasteiger partial charge in [0.15, 0.2) is 5.17 Å². The molecule has 0 saturated carbocycles. The van der Waals surface area contributed by atoms with Gasteiger partial charge < -0.3 is 5.32 Å². The zero-order valence-corrected chi connectivity index (χ0v) is 10.9. The molecule has 2 atom stereocenters. The van der Waals surface area contributed by atoms with E-state index in [0.29, 0.717) is 11.3 Å². The molecule has 0 aromatic rings. The Labute approximate surface area is 95.7 Å². The fraction of sp³-hybridized carbons (Fsp3) is 0.900. The molecule has 1 N–H and O–H groups in total. The first kappa shape index (κ1) is 12.2. The Morgan fingerprint density at radius 1 is 1.64 bits per heavy atom. The van der Waals surface area contributed by atoms with Crippen LogP contribution >= 0.6 is 23.5 Å². The Bertz CT molecular complexity index is 195. The minimum absolute atomic E-state index is 0.590. The predicted octanol–water partition coefficient (Wildman–Crippen LogP) is 2.60. The van der Waals surface area contributed by atoms with E-state index in [1.54, 1.807) is 0 Å². The highest BCUT2D eigenvalue weighted by Gasteiger charge is 2.19. The maximum absolute atomic E-state index is 4.52. The van der Waals surface area contributed by atoms with E-state index in [1.807, 2.05) is 23.5 Å². The largest absolute Gasteiger partial charge is 0.361 e. The van der Waals surface area contributed by atoms with Crippen molar-refractivity contribution in [1.82, 2.24) is 5.32 Å². The van der Waals surface area contributed by atoms with E-state index in [9.17, 15) is 0 Å². The SMILES string of the molecule is CCC(CSC)NC1=NCC(CC)S1. The second kappa shape index (κ2) is 6.62. The molecule has 0 radical (unpaired) electrons. The predicted molar refractivity (Wildman–Crippen MR) is 69.6 cm³/mol. The first-order valence-electron chi connectivity index (χ1n) is 5.26. The van der Waals surface area contributed by atoms with Gasteiger partial charge in [0.1, 0.15) is 0 Å². The van der Waals surface area contributed by atoms with Crippen molar-refractivity contribution in [2.45, 2.75) is 38.0 Å². The second-order valence-electron chi connectivity index (χ2n) is 3.50. The number of amidine groups is 1. The molecule has 0 saturated heterocycles. The molecular weight excluding hydrogens is 212 g/mol. The molecule has 0 aliphatic carbocycles. The number of nitrogens with one attached hydrogen (secondary N) is 1. The third kappa shape index (κ3) is 3.73. The maximum atomic E-state index is 4.52. The minimum Gasteiger partial charge on any atom is -0.361 e. The van der Waals surface area contributed by atoms with Crippen molar-refractivity contribution in [3.8, 4) is 0 Å². The van der Waals surface area contributed by atoms with Crippen LogP contribution in [0, 0.1) is 0 Å². The first-order chi connectivity index (χ1) is 6.80. The summed E-state index contributed by atoms with van der Waals surface area (Å²) in [6, 6.07) is 0.590. The normalized spacial score (nSPS) is 23.4. The van der Waals surface area contributed by atoms with Gasteiger partial charge in [0, 0.05) is 17.0 Å². The summed E-state index contributed by atoms with van der Waals surface area (Å²) in [5.74, 6) is 1.17. The van der Waals surface area contributed by atoms with Crippen LogP contribution in [-0.4, -0.2) is 35.0 Å². The summed E-state index contributed by atoms with van der Waals surface area (Å²) in [6.07, 6.45) is 4.55. The molecule has 0 spiro atoms. The Balaban J connectivity index is 2.29. The maximum Gasteiger partial charge on any atom is 0.157 e. The van der Waals surface area contributed by atoms with Gasteiger partial charge in [-0.2, -0.15) is 11.8 Å². The van der Waals surface area contributed by atoms with Crippen LogP contribution in [0.5, 0.6) is 0 Å². The summed E-state index contributed by atoms with van der Waals surface area (Å²) in [5.41, 5.74) is 0. The molecule has 82 valence electrons. The summed E-state index contributed by atoms with van der Waals surface area (Å²) < 4.78 is 0. The lowest BCUT2D eigenvalue weighted by Crippen LogP contribution is -2.34. The highest BCUT2D eigenvalue weighted by atomic mass is 32.2. The third-order valence-electron chi connectivity index (χ3n) is 2.36. The van der Waals surface area contributed by atoms with E-state index in [0.717, 1.165) is 11.7 Å². The smallest absolute Gasteiger partial charge is 0.157 e. The van der Waals surface area contributed by atoms with Gasteiger partial charge in [-0.3, -0.25) is 4.99 Å². The summed E-state index contributed by atoms with van der Waals surface area (Å²) in [6.45, 7) is 5.46. The number of rotatable bonds is 5. The monoisotopic (exact) mass is 232 g/mol. The molecular formula is C10H20N2S2. The van der Waals surface area contributed by atoms with Crippen molar-refractivity contribution in [3.05, 3.63) is 0 Å². The molecule has 0 amide bonds. The summed E-state index contributed by atoms with van der Waals surface area (Å²) in [4.78, 5) is 4.52. The molecule has 0 aromatic heterocycles. The minimum atomic E-state index is 0.590. The molecule has 2 unspecified atom stereocenters. The van der Waals surface area contributed by atoms with Crippen molar-refractivity contribution in [3.63, 3.8) is 0 Å². The first-order valence-corrected chi connectivity index (χ1v) is 7.54. The average Bonchev–Trinajstić information content (AvgIpc) is 2.65. The Morgan fingerprint density at radius 2 is 2.43 bits per heavy atom. The van der Waals surface area contributed by atoms with Gasteiger partial charge in [0.2, 0.25) is 0 Å². The molecule has 14 heavy (non-hydrogen) atoms. The molecule has 1 aliphatic rings. The lowest BCUT2D eigenvalue weighted by atomic mass is 10.3. The molecule has 1 aliphatic heterocycles. The Morgan fingerprint density at radius 3 is 2.93 bits per heavy atom. The topological polar surface area (TPSA) is 24.4 Å². The zero-order chi connectivity index (χ0) is 10.4. The van der Waals surface area contributed by atoms with Crippen molar-refractivity contribution in [2.24, 2.45) is 4.99 Å². The molecule has 2 nitrogen and oxygen atoms in total. The van der Waals surface area contributed by atoms with Gasteiger partial charge in [-0.1, -0.05) is 25.6 Å². The average molecular weight is 232 g/mol. The lowest BCUT2D eigenvalue weighted by molar-refractivity contribution is 0.656. The number of thioether (sulfide) groups is 2. The van der Waals surface area contributed by atoms with Crippen LogP contribution in [0.15, 0.2) is 4.99 Å². The van der Waals surface area contributed by atoms with Crippen molar-refractivity contribution in [2.75, 3.05) is 18.6 Å². The lowest BCUT2D eigenvalue weighted by Gasteiger charge is -2.16.